The summed E-state index contributed by atoms with van der Waals surface area (Å²) >= 11 is 3.22. The molecule has 0 amide bonds. The fourth-order valence-corrected chi connectivity index (χ4v) is 2.96. The number of thioether (sulfide) groups is 1. The van der Waals surface area contributed by atoms with Gasteiger partial charge in [-0.1, -0.05) is 6.92 Å². The Morgan fingerprint density at radius 2 is 2.25 bits per heavy atom. The van der Waals surface area contributed by atoms with Gasteiger partial charge in [0.2, 0.25) is 0 Å². The first-order chi connectivity index (χ1) is 5.76. The SMILES string of the molecule is CC(CO)Sc1ccc(CO)s1. The second kappa shape index (κ2) is 4.87. The molecule has 1 heterocycles. The molecule has 68 valence electrons. The van der Waals surface area contributed by atoms with E-state index < -0.39 is 0 Å². The molecule has 1 rings (SSSR count). The number of hydrogen-bond donors (Lipinski definition) is 2. The van der Waals surface area contributed by atoms with Crippen LogP contribution < -0.4 is 0 Å². The zero-order valence-electron chi connectivity index (χ0n) is 6.86. The minimum atomic E-state index is 0.110. The molecule has 0 radical (unpaired) electrons. The van der Waals surface area contributed by atoms with Crippen molar-refractivity contribution < 1.29 is 10.2 Å². The molecule has 0 saturated carbocycles. The Balaban J connectivity index is 2.52. The molecule has 0 fully saturated rings. The van der Waals surface area contributed by atoms with Crippen molar-refractivity contribution in [3.63, 3.8) is 0 Å². The van der Waals surface area contributed by atoms with E-state index in [2.05, 4.69) is 0 Å². The Morgan fingerprint density at radius 3 is 2.75 bits per heavy atom. The molecule has 2 N–H and O–H groups in total. The summed E-state index contributed by atoms with van der Waals surface area (Å²) in [6.07, 6.45) is 0. The molecule has 0 aliphatic carbocycles. The van der Waals surface area contributed by atoms with Crippen molar-refractivity contribution in [1.29, 1.82) is 0 Å². The van der Waals surface area contributed by atoms with Crippen molar-refractivity contribution in [1.82, 2.24) is 0 Å². The zero-order valence-corrected chi connectivity index (χ0v) is 8.49. The number of thiophene rings is 1. The van der Waals surface area contributed by atoms with E-state index in [0.29, 0.717) is 0 Å². The van der Waals surface area contributed by atoms with Gasteiger partial charge in [-0.3, -0.25) is 0 Å². The molecule has 1 unspecified atom stereocenters. The molecule has 0 spiro atoms. The van der Waals surface area contributed by atoms with Gasteiger partial charge in [0, 0.05) is 10.1 Å². The third kappa shape index (κ3) is 2.79. The Morgan fingerprint density at radius 1 is 1.50 bits per heavy atom. The summed E-state index contributed by atoms with van der Waals surface area (Å²) in [5, 5.41) is 17.8. The van der Waals surface area contributed by atoms with Crippen LogP contribution in [0.25, 0.3) is 0 Å². The molecule has 12 heavy (non-hydrogen) atoms. The predicted molar refractivity (Wildman–Crippen MR) is 52.6 cm³/mol. The van der Waals surface area contributed by atoms with Gasteiger partial charge in [0.25, 0.3) is 0 Å². The van der Waals surface area contributed by atoms with Gasteiger partial charge < -0.3 is 10.2 Å². The van der Waals surface area contributed by atoms with Crippen molar-refractivity contribution in [2.75, 3.05) is 6.61 Å². The molecule has 0 saturated heterocycles. The molecular formula is C8H12O2S2. The lowest BCUT2D eigenvalue weighted by molar-refractivity contribution is 0.285. The van der Waals surface area contributed by atoms with E-state index in [0.717, 1.165) is 9.09 Å². The van der Waals surface area contributed by atoms with Crippen LogP contribution in [0.5, 0.6) is 0 Å². The summed E-state index contributed by atoms with van der Waals surface area (Å²) < 4.78 is 1.15. The maximum absolute atomic E-state index is 8.79. The molecule has 0 bridgehead atoms. The fourth-order valence-electron chi connectivity index (χ4n) is 0.742. The van der Waals surface area contributed by atoms with Gasteiger partial charge in [0.1, 0.15) is 0 Å². The number of hydrogen-bond acceptors (Lipinski definition) is 4. The van der Waals surface area contributed by atoms with Crippen LogP contribution in [0.4, 0.5) is 0 Å². The minimum Gasteiger partial charge on any atom is -0.395 e. The van der Waals surface area contributed by atoms with E-state index in [1.807, 2.05) is 19.1 Å². The van der Waals surface area contributed by atoms with E-state index >= 15 is 0 Å². The maximum Gasteiger partial charge on any atom is 0.0774 e. The lowest BCUT2D eigenvalue weighted by Crippen LogP contribution is -2.00. The summed E-state index contributed by atoms with van der Waals surface area (Å²) in [5.74, 6) is 0. The van der Waals surface area contributed by atoms with Crippen LogP contribution in [0.1, 0.15) is 11.8 Å². The Labute approximate surface area is 80.2 Å². The van der Waals surface area contributed by atoms with E-state index in [-0.39, 0.29) is 18.5 Å². The van der Waals surface area contributed by atoms with E-state index in [1.165, 1.54) is 0 Å². The van der Waals surface area contributed by atoms with Crippen LogP contribution >= 0.6 is 23.1 Å². The highest BCUT2D eigenvalue weighted by molar-refractivity contribution is 8.01. The molecular weight excluding hydrogens is 192 g/mol. The maximum atomic E-state index is 8.79. The summed E-state index contributed by atoms with van der Waals surface area (Å²) in [7, 11) is 0. The lowest BCUT2D eigenvalue weighted by atomic mass is 10.5. The first-order valence-corrected chi connectivity index (χ1v) is 5.43. The molecule has 1 aromatic rings. The van der Waals surface area contributed by atoms with Crippen LogP contribution in [0.3, 0.4) is 0 Å². The highest BCUT2D eigenvalue weighted by atomic mass is 32.2. The van der Waals surface area contributed by atoms with Gasteiger partial charge in [-0.15, -0.1) is 23.1 Å². The van der Waals surface area contributed by atoms with E-state index in [4.69, 9.17) is 10.2 Å². The molecule has 4 heteroatoms. The summed E-state index contributed by atoms with van der Waals surface area (Å²) in [4.78, 5) is 0.975. The number of aliphatic hydroxyl groups is 2. The second-order valence-corrected chi connectivity index (χ2v) is 5.40. The highest BCUT2D eigenvalue weighted by Gasteiger charge is 2.04. The van der Waals surface area contributed by atoms with Crippen molar-refractivity contribution in [3.8, 4) is 0 Å². The lowest BCUT2D eigenvalue weighted by Gasteiger charge is -2.03. The van der Waals surface area contributed by atoms with E-state index in [9.17, 15) is 0 Å². The van der Waals surface area contributed by atoms with Crippen LogP contribution in [0.15, 0.2) is 16.3 Å². The van der Waals surface area contributed by atoms with Crippen LogP contribution in [-0.4, -0.2) is 22.1 Å². The number of aliphatic hydroxyl groups excluding tert-OH is 2. The first-order valence-electron chi connectivity index (χ1n) is 3.73. The normalized spacial score (nSPS) is 13.2. The highest BCUT2D eigenvalue weighted by Crippen LogP contribution is 2.30. The van der Waals surface area contributed by atoms with Gasteiger partial charge in [-0.25, -0.2) is 0 Å². The average molecular weight is 204 g/mol. The number of rotatable bonds is 4. The van der Waals surface area contributed by atoms with Gasteiger partial charge in [0.05, 0.1) is 17.4 Å². The quantitative estimate of drug-likeness (QED) is 0.734. The molecule has 1 atom stereocenters. The van der Waals surface area contributed by atoms with Crippen molar-refractivity contribution in [2.45, 2.75) is 23.0 Å². The minimum absolute atomic E-state index is 0.110. The van der Waals surface area contributed by atoms with Crippen molar-refractivity contribution in [2.24, 2.45) is 0 Å². The largest absolute Gasteiger partial charge is 0.395 e. The van der Waals surface area contributed by atoms with Crippen LogP contribution in [0, 0.1) is 0 Å². The zero-order chi connectivity index (χ0) is 8.97. The topological polar surface area (TPSA) is 40.5 Å². The third-order valence-corrected chi connectivity index (χ3v) is 3.69. The Hall–Kier alpha value is -0.0300. The van der Waals surface area contributed by atoms with Crippen LogP contribution in [0.2, 0.25) is 0 Å². The molecule has 2 nitrogen and oxygen atoms in total. The molecule has 1 aromatic heterocycles. The average Bonchev–Trinajstić information content (AvgIpc) is 2.52. The Bertz CT molecular complexity index is 235. The van der Waals surface area contributed by atoms with Crippen molar-refractivity contribution in [3.05, 3.63) is 17.0 Å². The fraction of sp³-hybridized carbons (Fsp3) is 0.500. The summed E-state index contributed by atoms with van der Waals surface area (Å²) in [6, 6.07) is 3.89. The molecule has 0 aliphatic rings. The predicted octanol–water partition coefficient (Wildman–Crippen LogP) is 1.71. The van der Waals surface area contributed by atoms with Gasteiger partial charge in [-0.2, -0.15) is 0 Å². The molecule has 0 aromatic carbocycles. The van der Waals surface area contributed by atoms with Gasteiger partial charge >= 0.3 is 0 Å². The summed E-state index contributed by atoms with van der Waals surface area (Å²) in [6.45, 7) is 2.28. The van der Waals surface area contributed by atoms with Crippen LogP contribution in [-0.2, 0) is 6.61 Å². The third-order valence-electron chi connectivity index (χ3n) is 1.37. The summed E-state index contributed by atoms with van der Waals surface area (Å²) in [5.41, 5.74) is 0. The van der Waals surface area contributed by atoms with Gasteiger partial charge in [0.15, 0.2) is 0 Å². The molecule has 0 aliphatic heterocycles. The van der Waals surface area contributed by atoms with Crippen molar-refractivity contribution >= 4 is 23.1 Å². The second-order valence-electron chi connectivity index (χ2n) is 2.49. The Kier molecular flexibility index (Phi) is 4.08. The smallest absolute Gasteiger partial charge is 0.0774 e. The van der Waals surface area contributed by atoms with Gasteiger partial charge in [-0.05, 0) is 12.1 Å². The van der Waals surface area contributed by atoms with E-state index in [1.54, 1.807) is 23.1 Å². The standard InChI is InChI=1S/C8H12O2S2/c1-6(4-9)11-8-3-2-7(5-10)12-8/h2-3,6,9-10H,4-5H2,1H3. The first kappa shape index (κ1) is 10.1. The monoisotopic (exact) mass is 204 g/mol.